The molecule has 52 heavy (non-hydrogen) atoms. The van der Waals surface area contributed by atoms with Crippen LogP contribution < -0.4 is 10.6 Å². The lowest BCUT2D eigenvalue weighted by molar-refractivity contribution is -0.141. The van der Waals surface area contributed by atoms with Crippen LogP contribution in [-0.4, -0.2) is 66.0 Å². The first-order chi connectivity index (χ1) is 24.6. The first-order valence-corrected chi connectivity index (χ1v) is 17.1. The largest absolute Gasteiger partial charge is 0.480 e. The lowest BCUT2D eigenvalue weighted by Gasteiger charge is -2.11. The van der Waals surface area contributed by atoms with Crippen LogP contribution in [0.25, 0.3) is 56.5 Å². The number of rotatable bonds is 12. The number of carboxylic acids is 2. The molecule has 5 rings (SSSR count). The number of carboxylic acid groups (broad SMARTS) is 2. The average molecular weight is 705 g/mol. The molecule has 2 atom stereocenters. The van der Waals surface area contributed by atoms with Crippen LogP contribution in [0.3, 0.4) is 0 Å². The molecule has 0 radical (unpaired) electrons. The highest BCUT2D eigenvalue weighted by atomic mass is 16.4. The van der Waals surface area contributed by atoms with Crippen molar-refractivity contribution in [2.75, 3.05) is 0 Å². The Hall–Kier alpha value is -6.04. The van der Waals surface area contributed by atoms with Crippen LogP contribution >= 0.6 is 0 Å². The Balaban J connectivity index is 1.75. The Morgan fingerprint density at radius 2 is 1.04 bits per heavy atom. The van der Waals surface area contributed by atoms with Gasteiger partial charge in [0.05, 0.1) is 22.8 Å². The third kappa shape index (κ3) is 7.51. The zero-order chi connectivity index (χ0) is 38.0. The van der Waals surface area contributed by atoms with Gasteiger partial charge in [-0.15, -0.1) is 0 Å². The molecule has 5 heterocycles. The Kier molecular flexibility index (Phi) is 10.8. The lowest BCUT2D eigenvalue weighted by Crippen LogP contribution is -2.38. The van der Waals surface area contributed by atoms with Crippen molar-refractivity contribution in [2.24, 2.45) is 0 Å². The second kappa shape index (κ2) is 15.1. The smallest absolute Gasteiger partial charge is 0.325 e. The fourth-order valence-corrected chi connectivity index (χ4v) is 6.53. The van der Waals surface area contributed by atoms with Crippen molar-refractivity contribution in [3.8, 4) is 0 Å². The Labute approximate surface area is 301 Å². The highest BCUT2D eigenvalue weighted by molar-refractivity contribution is 5.98. The second-order valence-electron chi connectivity index (χ2n) is 13.2. The molecule has 270 valence electrons. The molecule has 6 N–H and O–H groups in total. The number of fused-ring (bicyclic) bond motifs is 8. The molecule has 0 aliphatic carbocycles. The molecule has 2 aliphatic heterocycles. The number of aromatic amines is 2. The van der Waals surface area contributed by atoms with Crippen molar-refractivity contribution in [3.05, 3.63) is 82.5 Å². The number of hydrogen-bond donors (Lipinski definition) is 6. The topological polar surface area (TPSA) is 190 Å². The molecule has 12 nitrogen and oxygen atoms in total. The van der Waals surface area contributed by atoms with Crippen LogP contribution in [0, 0.1) is 13.8 Å². The minimum Gasteiger partial charge on any atom is -0.480 e. The maximum Gasteiger partial charge on any atom is 0.325 e. The van der Waals surface area contributed by atoms with E-state index in [1.165, 1.54) is 13.8 Å². The SMILES string of the molecule is C=Cc1c(C)c2cc3[nH]c(cc4nc(cc5nc(cc1[nH]2)C(C)=C5CCC(=O)N[C@@H](C)C(=O)O)C(CCC(=O)N[C@@H](C)C(=O)O)=C4C)c(C)c3C=C. The van der Waals surface area contributed by atoms with E-state index >= 15 is 0 Å². The van der Waals surface area contributed by atoms with Crippen LogP contribution in [0.1, 0.15) is 98.4 Å². The molecular formula is C40H44N6O6. The van der Waals surface area contributed by atoms with E-state index in [9.17, 15) is 29.4 Å². The Morgan fingerprint density at radius 3 is 1.44 bits per heavy atom. The van der Waals surface area contributed by atoms with Crippen molar-refractivity contribution in [1.29, 1.82) is 0 Å². The fraction of sp³-hybridized carbons (Fsp3) is 0.300. The third-order valence-corrected chi connectivity index (χ3v) is 9.74. The van der Waals surface area contributed by atoms with Gasteiger partial charge in [-0.2, -0.15) is 0 Å². The summed E-state index contributed by atoms with van der Waals surface area (Å²) in [5.74, 6) is -3.05. The van der Waals surface area contributed by atoms with E-state index in [1.54, 1.807) is 6.08 Å². The van der Waals surface area contributed by atoms with Gasteiger partial charge in [0.15, 0.2) is 0 Å². The number of carbonyl (C=O) groups is 4. The Bertz CT molecular complexity index is 2270. The van der Waals surface area contributed by atoms with E-state index < -0.39 is 35.8 Å². The van der Waals surface area contributed by atoms with E-state index in [0.29, 0.717) is 22.8 Å². The molecule has 0 saturated carbocycles. The van der Waals surface area contributed by atoms with Gasteiger partial charge in [0.25, 0.3) is 0 Å². The van der Waals surface area contributed by atoms with E-state index in [1.807, 2.05) is 58.0 Å². The number of carbonyl (C=O) groups excluding carboxylic acids is 2. The van der Waals surface area contributed by atoms with Crippen LogP contribution in [0.15, 0.2) is 37.4 Å². The summed E-state index contributed by atoms with van der Waals surface area (Å²) in [5, 5.41) is 23.6. The van der Waals surface area contributed by atoms with Gasteiger partial charge in [-0.25, -0.2) is 9.97 Å². The van der Waals surface area contributed by atoms with Crippen LogP contribution in [0.2, 0.25) is 0 Å². The minimum atomic E-state index is -1.12. The number of nitrogens with zero attached hydrogens (tertiary/aromatic N) is 2. The molecule has 3 aromatic rings. The molecule has 0 aromatic carbocycles. The summed E-state index contributed by atoms with van der Waals surface area (Å²) in [4.78, 5) is 65.5. The highest BCUT2D eigenvalue weighted by Gasteiger charge is 2.24. The molecular weight excluding hydrogens is 660 g/mol. The van der Waals surface area contributed by atoms with E-state index in [4.69, 9.17) is 9.97 Å². The van der Waals surface area contributed by atoms with Gasteiger partial charge in [0.2, 0.25) is 11.8 Å². The zero-order valence-corrected chi connectivity index (χ0v) is 30.3. The number of aryl methyl sites for hydroxylation is 2. The lowest BCUT2D eigenvalue weighted by atomic mass is 9.98. The minimum absolute atomic E-state index is 0.0319. The number of aromatic nitrogens is 4. The van der Waals surface area contributed by atoms with E-state index in [2.05, 4.69) is 33.8 Å². The average Bonchev–Trinajstić information content (AvgIpc) is 3.75. The molecule has 0 fully saturated rings. The van der Waals surface area contributed by atoms with Gasteiger partial charge in [-0.05, 0) is 112 Å². The molecule has 2 aliphatic rings. The normalized spacial score (nSPS) is 13.8. The van der Waals surface area contributed by atoms with E-state index in [0.717, 1.165) is 66.6 Å². The number of H-pyrrole nitrogens is 2. The Morgan fingerprint density at radius 1 is 0.654 bits per heavy atom. The summed E-state index contributed by atoms with van der Waals surface area (Å²) in [7, 11) is 0. The van der Waals surface area contributed by atoms with Gasteiger partial charge in [-0.1, -0.05) is 25.3 Å². The standard InChI is InChI=1S/C40H44N6O6/c1-9-25-19(3)29-15-30-21(5)27(11-13-37(47)41-23(7)39(49)50)35(45-30)18-36-28(12-14-38(48)42-24(8)40(51)52)22(6)32(46-36)17-34-26(10-2)20(4)31(44-34)16-33(25)43-29/h9-10,15-18,23-24,43-44H,1-2,11-14H2,3-8H3,(H,41,47)(H,42,48)(H,49,50)(H,51,52)/t23-,24-/m0/s1. The molecule has 0 spiro atoms. The summed E-state index contributed by atoms with van der Waals surface area (Å²) in [5.41, 5.74) is 13.1. The van der Waals surface area contributed by atoms with Gasteiger partial charge < -0.3 is 30.8 Å². The van der Waals surface area contributed by atoms with Gasteiger partial charge in [-0.3, -0.25) is 19.2 Å². The number of amides is 2. The predicted molar refractivity (Wildman–Crippen MR) is 205 cm³/mol. The summed E-state index contributed by atoms with van der Waals surface area (Å²) in [6.07, 6.45) is 4.25. The van der Waals surface area contributed by atoms with Crippen LogP contribution in [-0.2, 0) is 19.2 Å². The molecule has 12 heteroatoms. The molecule has 0 unspecified atom stereocenters. The van der Waals surface area contributed by atoms with Crippen molar-refractivity contribution in [2.45, 2.75) is 79.3 Å². The van der Waals surface area contributed by atoms with Gasteiger partial charge in [0, 0.05) is 46.0 Å². The van der Waals surface area contributed by atoms with Gasteiger partial charge >= 0.3 is 11.9 Å². The second-order valence-corrected chi connectivity index (χ2v) is 13.2. The number of hydrogen-bond acceptors (Lipinski definition) is 6. The number of allylic oxidation sites excluding steroid dienone is 4. The maximum absolute atomic E-state index is 12.8. The van der Waals surface area contributed by atoms with Gasteiger partial charge in [0.1, 0.15) is 12.1 Å². The molecule has 8 bridgehead atoms. The molecule has 2 amide bonds. The monoisotopic (exact) mass is 704 g/mol. The van der Waals surface area contributed by atoms with Crippen LogP contribution in [0.5, 0.6) is 0 Å². The maximum atomic E-state index is 12.8. The van der Waals surface area contributed by atoms with E-state index in [-0.39, 0.29) is 25.7 Å². The van der Waals surface area contributed by atoms with Crippen molar-refractivity contribution in [1.82, 2.24) is 30.6 Å². The van der Waals surface area contributed by atoms with Crippen LogP contribution in [0.4, 0.5) is 0 Å². The number of aliphatic carboxylic acids is 2. The fourth-order valence-electron chi connectivity index (χ4n) is 6.53. The third-order valence-electron chi connectivity index (χ3n) is 9.74. The first-order valence-electron chi connectivity index (χ1n) is 17.1. The summed E-state index contributed by atoms with van der Waals surface area (Å²) in [6.45, 7) is 18.9. The summed E-state index contributed by atoms with van der Waals surface area (Å²) in [6, 6.07) is 5.75. The van der Waals surface area contributed by atoms with Crippen molar-refractivity contribution in [3.63, 3.8) is 0 Å². The zero-order valence-electron chi connectivity index (χ0n) is 30.3. The highest BCUT2D eigenvalue weighted by Crippen LogP contribution is 2.38. The summed E-state index contributed by atoms with van der Waals surface area (Å²) >= 11 is 0. The molecule has 3 aromatic heterocycles. The number of nitrogens with one attached hydrogen (secondary N) is 4. The molecule has 0 saturated heterocycles. The quantitative estimate of drug-likeness (QED) is 0.118. The first kappa shape index (κ1) is 37.2. The van der Waals surface area contributed by atoms with Crippen molar-refractivity contribution < 1.29 is 29.4 Å². The summed E-state index contributed by atoms with van der Waals surface area (Å²) < 4.78 is 0. The van der Waals surface area contributed by atoms with Crippen molar-refractivity contribution >= 4 is 80.3 Å². The predicted octanol–water partition coefficient (Wildman–Crippen LogP) is 6.82.